The first kappa shape index (κ1) is 15.1. The normalized spacial score (nSPS) is 13.1. The molecule has 1 rings (SSSR count). The fraction of sp³-hybridized carbons (Fsp3) is 0.800. The molecule has 1 heterocycles. The van der Waals surface area contributed by atoms with E-state index in [2.05, 4.69) is 53.6 Å². The van der Waals surface area contributed by atoms with E-state index >= 15 is 0 Å². The van der Waals surface area contributed by atoms with E-state index in [1.54, 1.807) is 0 Å². The molecule has 1 aromatic rings. The number of nitrogens with zero attached hydrogens (tertiary/aromatic N) is 2. The lowest BCUT2D eigenvalue weighted by molar-refractivity contribution is 0.314. The van der Waals surface area contributed by atoms with Crippen molar-refractivity contribution in [2.45, 2.75) is 78.7 Å². The van der Waals surface area contributed by atoms with Crippen LogP contribution >= 0.6 is 0 Å². The third kappa shape index (κ3) is 3.06. The molecule has 0 unspecified atom stereocenters. The number of aromatic nitrogens is 2. The van der Waals surface area contributed by atoms with Crippen molar-refractivity contribution in [1.82, 2.24) is 9.78 Å². The second-order valence-electron chi connectivity index (χ2n) is 7.08. The standard InChI is InChI=1S/C15H28N2O/c1-8-9-10-11-12(18)13(14(2,3)4)17(16-11)15(5,6)7/h18H,8-10H2,1-7H3. The van der Waals surface area contributed by atoms with Crippen molar-refractivity contribution in [3.8, 4) is 5.75 Å². The summed E-state index contributed by atoms with van der Waals surface area (Å²) in [4.78, 5) is 0. The maximum Gasteiger partial charge on any atom is 0.160 e. The average Bonchev–Trinajstić information content (AvgIpc) is 2.51. The molecular weight excluding hydrogens is 224 g/mol. The van der Waals surface area contributed by atoms with E-state index in [0.717, 1.165) is 30.7 Å². The van der Waals surface area contributed by atoms with Crippen LogP contribution in [0.2, 0.25) is 0 Å². The third-order valence-corrected chi connectivity index (χ3v) is 3.04. The molecule has 0 amide bonds. The van der Waals surface area contributed by atoms with Gasteiger partial charge in [-0.1, -0.05) is 34.1 Å². The van der Waals surface area contributed by atoms with E-state index in [1.807, 2.05) is 4.68 Å². The summed E-state index contributed by atoms with van der Waals surface area (Å²) in [5.74, 6) is 0.394. The first-order valence-electron chi connectivity index (χ1n) is 6.91. The summed E-state index contributed by atoms with van der Waals surface area (Å²) in [7, 11) is 0. The minimum absolute atomic E-state index is 0.102. The maximum absolute atomic E-state index is 10.5. The summed E-state index contributed by atoms with van der Waals surface area (Å²) in [5, 5.41) is 15.1. The second kappa shape index (κ2) is 4.94. The average molecular weight is 252 g/mol. The molecule has 3 heteroatoms. The molecule has 0 atom stereocenters. The van der Waals surface area contributed by atoms with Gasteiger partial charge < -0.3 is 5.11 Å². The van der Waals surface area contributed by atoms with Gasteiger partial charge in [0.05, 0.1) is 11.2 Å². The zero-order chi connectivity index (χ0) is 14.1. The van der Waals surface area contributed by atoms with Crippen LogP contribution in [-0.2, 0) is 17.4 Å². The highest BCUT2D eigenvalue weighted by atomic mass is 16.3. The van der Waals surface area contributed by atoms with Gasteiger partial charge in [0.1, 0.15) is 5.69 Å². The molecular formula is C15H28N2O. The van der Waals surface area contributed by atoms with Gasteiger partial charge in [0, 0.05) is 5.41 Å². The van der Waals surface area contributed by atoms with E-state index < -0.39 is 0 Å². The Bertz CT molecular complexity index is 405. The minimum Gasteiger partial charge on any atom is -0.504 e. The summed E-state index contributed by atoms with van der Waals surface area (Å²) < 4.78 is 1.99. The largest absolute Gasteiger partial charge is 0.504 e. The van der Waals surface area contributed by atoms with Crippen LogP contribution in [0.5, 0.6) is 5.75 Å². The highest BCUT2D eigenvalue weighted by Gasteiger charge is 2.31. The smallest absolute Gasteiger partial charge is 0.160 e. The van der Waals surface area contributed by atoms with Crippen LogP contribution in [0.4, 0.5) is 0 Å². The van der Waals surface area contributed by atoms with Crippen molar-refractivity contribution in [1.29, 1.82) is 0 Å². The molecule has 0 aliphatic carbocycles. The molecule has 1 N–H and O–H groups in total. The van der Waals surface area contributed by atoms with Crippen molar-refractivity contribution < 1.29 is 5.11 Å². The Kier molecular flexibility index (Phi) is 4.14. The van der Waals surface area contributed by atoms with E-state index in [0.29, 0.717) is 5.75 Å². The molecule has 0 fully saturated rings. The van der Waals surface area contributed by atoms with Crippen LogP contribution in [-0.4, -0.2) is 14.9 Å². The van der Waals surface area contributed by atoms with E-state index in [9.17, 15) is 5.11 Å². The lowest BCUT2D eigenvalue weighted by Gasteiger charge is -2.28. The van der Waals surface area contributed by atoms with Gasteiger partial charge in [0.25, 0.3) is 0 Å². The summed E-state index contributed by atoms with van der Waals surface area (Å²) in [6.07, 6.45) is 3.04. The SMILES string of the molecule is CCCCc1nn(C(C)(C)C)c(C(C)(C)C)c1O. The highest BCUT2D eigenvalue weighted by Crippen LogP contribution is 2.36. The Labute approximate surface area is 111 Å². The summed E-state index contributed by atoms with van der Waals surface area (Å²) in [5.41, 5.74) is 1.58. The van der Waals surface area contributed by atoms with Crippen LogP contribution in [0, 0.1) is 0 Å². The Morgan fingerprint density at radius 2 is 1.67 bits per heavy atom. The molecule has 0 aliphatic rings. The number of unbranched alkanes of at least 4 members (excludes halogenated alkanes) is 1. The fourth-order valence-electron chi connectivity index (χ4n) is 2.13. The molecule has 0 spiro atoms. The van der Waals surface area contributed by atoms with Crippen molar-refractivity contribution in [2.75, 3.05) is 0 Å². The molecule has 0 saturated heterocycles. The van der Waals surface area contributed by atoms with Crippen molar-refractivity contribution in [3.05, 3.63) is 11.4 Å². The van der Waals surface area contributed by atoms with Gasteiger partial charge in [-0.3, -0.25) is 4.68 Å². The van der Waals surface area contributed by atoms with Gasteiger partial charge in [0.2, 0.25) is 0 Å². The Morgan fingerprint density at radius 1 is 1.11 bits per heavy atom. The number of aromatic hydroxyl groups is 1. The summed E-state index contributed by atoms with van der Waals surface area (Å²) in [6.45, 7) is 14.9. The maximum atomic E-state index is 10.5. The van der Waals surface area contributed by atoms with Gasteiger partial charge in [-0.05, 0) is 33.6 Å². The lowest BCUT2D eigenvalue weighted by Crippen LogP contribution is -2.30. The predicted octanol–water partition coefficient (Wildman–Crippen LogP) is 3.98. The second-order valence-corrected chi connectivity index (χ2v) is 7.08. The number of hydrogen-bond donors (Lipinski definition) is 1. The number of hydrogen-bond acceptors (Lipinski definition) is 2. The molecule has 3 nitrogen and oxygen atoms in total. The van der Waals surface area contributed by atoms with E-state index in [1.165, 1.54) is 0 Å². The minimum atomic E-state index is -0.107. The van der Waals surface area contributed by atoms with Gasteiger partial charge in [0.15, 0.2) is 5.75 Å². The van der Waals surface area contributed by atoms with Crippen molar-refractivity contribution in [3.63, 3.8) is 0 Å². The molecule has 18 heavy (non-hydrogen) atoms. The van der Waals surface area contributed by atoms with Crippen LogP contribution in [0.15, 0.2) is 0 Å². The molecule has 0 saturated carbocycles. The van der Waals surface area contributed by atoms with Crippen LogP contribution in [0.1, 0.15) is 72.7 Å². The Balaban J connectivity index is 3.33. The fourth-order valence-corrected chi connectivity index (χ4v) is 2.13. The quantitative estimate of drug-likeness (QED) is 0.883. The molecule has 104 valence electrons. The topological polar surface area (TPSA) is 38.0 Å². The molecule has 0 radical (unpaired) electrons. The zero-order valence-electron chi connectivity index (χ0n) is 13.0. The number of aryl methyl sites for hydroxylation is 1. The van der Waals surface area contributed by atoms with Gasteiger partial charge >= 0.3 is 0 Å². The van der Waals surface area contributed by atoms with Crippen LogP contribution < -0.4 is 0 Å². The van der Waals surface area contributed by atoms with Crippen LogP contribution in [0.3, 0.4) is 0 Å². The van der Waals surface area contributed by atoms with Crippen LogP contribution in [0.25, 0.3) is 0 Å². The van der Waals surface area contributed by atoms with Gasteiger partial charge in [-0.25, -0.2) is 0 Å². The van der Waals surface area contributed by atoms with E-state index in [-0.39, 0.29) is 11.0 Å². The lowest BCUT2D eigenvalue weighted by atomic mass is 9.89. The summed E-state index contributed by atoms with van der Waals surface area (Å²) >= 11 is 0. The van der Waals surface area contributed by atoms with Gasteiger partial charge in [-0.2, -0.15) is 5.10 Å². The Morgan fingerprint density at radius 3 is 2.00 bits per heavy atom. The highest BCUT2D eigenvalue weighted by molar-refractivity contribution is 5.37. The van der Waals surface area contributed by atoms with Crippen molar-refractivity contribution in [2.24, 2.45) is 0 Å². The first-order chi connectivity index (χ1) is 8.09. The number of rotatable bonds is 3. The Hall–Kier alpha value is -0.990. The van der Waals surface area contributed by atoms with Gasteiger partial charge in [-0.15, -0.1) is 0 Å². The third-order valence-electron chi connectivity index (χ3n) is 3.04. The summed E-state index contributed by atoms with van der Waals surface area (Å²) in [6, 6.07) is 0. The molecule has 1 aromatic heterocycles. The monoisotopic (exact) mass is 252 g/mol. The molecule has 0 aliphatic heterocycles. The predicted molar refractivity (Wildman–Crippen MR) is 76.2 cm³/mol. The van der Waals surface area contributed by atoms with Crippen molar-refractivity contribution >= 4 is 0 Å². The first-order valence-corrected chi connectivity index (χ1v) is 6.91. The molecule has 0 aromatic carbocycles. The zero-order valence-corrected chi connectivity index (χ0v) is 13.0. The molecule has 0 bridgehead atoms. The van der Waals surface area contributed by atoms with E-state index in [4.69, 9.17) is 0 Å².